The monoisotopic (exact) mass is 486 g/mol. The molecule has 0 unspecified atom stereocenters. The average Bonchev–Trinajstić information content (AvgIpc) is 3.36. The molecule has 0 aliphatic heterocycles. The van der Waals surface area contributed by atoms with Crippen molar-refractivity contribution in [1.29, 1.82) is 0 Å². The minimum atomic E-state index is -0.734. The van der Waals surface area contributed by atoms with Crippen LogP contribution in [0.5, 0.6) is 5.75 Å². The van der Waals surface area contributed by atoms with Gasteiger partial charge in [-0.3, -0.25) is 14.0 Å². The number of carbonyl (C=O) groups excluding carboxylic acids is 1. The number of nitrogens with zero attached hydrogens (tertiary/aromatic N) is 3. The third kappa shape index (κ3) is 3.74. The Morgan fingerprint density at radius 1 is 1.26 bits per heavy atom. The molecule has 3 aromatic heterocycles. The smallest absolute Gasteiger partial charge is 0.291 e. The van der Waals surface area contributed by atoms with Crippen molar-refractivity contribution in [2.75, 3.05) is 7.11 Å². The number of furan rings is 1. The number of carbonyl (C=O) groups is 1. The standard InChI is InChI=1S/C22H23BrN4O4/c1-4-15(21(28)24-12-13-10-14(23)6-7-18(13)30-3)27-22(29)17-11-19-16(8-9-31-19)26(17)20(5-2)25-27/h6-11,15H,4-5,12H2,1-3H3,(H,24,28)/t15-/m1/s1. The largest absolute Gasteiger partial charge is 0.496 e. The Hall–Kier alpha value is -3.07. The first kappa shape index (κ1) is 21.2. The van der Waals surface area contributed by atoms with E-state index in [2.05, 4.69) is 26.3 Å². The number of nitrogens with one attached hydrogen (secondary N) is 1. The molecular formula is C22H23BrN4O4. The number of benzene rings is 1. The van der Waals surface area contributed by atoms with Crippen LogP contribution in [0, 0.1) is 0 Å². The zero-order valence-corrected chi connectivity index (χ0v) is 19.1. The first-order valence-electron chi connectivity index (χ1n) is 10.1. The summed E-state index contributed by atoms with van der Waals surface area (Å²) in [6.45, 7) is 4.09. The van der Waals surface area contributed by atoms with Gasteiger partial charge in [0.05, 0.1) is 18.9 Å². The van der Waals surface area contributed by atoms with Crippen molar-refractivity contribution in [1.82, 2.24) is 19.5 Å². The van der Waals surface area contributed by atoms with E-state index in [9.17, 15) is 9.59 Å². The van der Waals surface area contributed by atoms with Crippen LogP contribution >= 0.6 is 15.9 Å². The third-order valence-electron chi connectivity index (χ3n) is 5.33. The van der Waals surface area contributed by atoms with Crippen LogP contribution in [0.25, 0.3) is 16.6 Å². The van der Waals surface area contributed by atoms with Crippen LogP contribution in [-0.4, -0.2) is 27.2 Å². The summed E-state index contributed by atoms with van der Waals surface area (Å²) in [4.78, 5) is 26.3. The summed E-state index contributed by atoms with van der Waals surface area (Å²) >= 11 is 3.44. The van der Waals surface area contributed by atoms with Gasteiger partial charge in [0, 0.05) is 35.1 Å². The zero-order valence-electron chi connectivity index (χ0n) is 17.5. The predicted octanol–water partition coefficient (Wildman–Crippen LogP) is 3.84. The lowest BCUT2D eigenvalue weighted by Crippen LogP contribution is -2.39. The molecule has 0 aliphatic carbocycles. The van der Waals surface area contributed by atoms with Crippen LogP contribution < -0.4 is 15.6 Å². The molecule has 0 saturated heterocycles. The number of amides is 1. The molecule has 0 radical (unpaired) electrons. The van der Waals surface area contributed by atoms with Crippen molar-refractivity contribution in [3.05, 3.63) is 62.8 Å². The number of hydrogen-bond donors (Lipinski definition) is 1. The number of hydrogen-bond acceptors (Lipinski definition) is 5. The van der Waals surface area contributed by atoms with E-state index in [1.165, 1.54) is 4.68 Å². The summed E-state index contributed by atoms with van der Waals surface area (Å²) in [6, 6.07) is 8.37. The average molecular weight is 487 g/mol. The van der Waals surface area contributed by atoms with E-state index in [0.717, 1.165) is 15.6 Å². The van der Waals surface area contributed by atoms with Gasteiger partial charge in [-0.2, -0.15) is 5.10 Å². The number of aryl methyl sites for hydroxylation is 1. The van der Waals surface area contributed by atoms with Crippen molar-refractivity contribution in [3.63, 3.8) is 0 Å². The molecule has 31 heavy (non-hydrogen) atoms. The van der Waals surface area contributed by atoms with E-state index in [1.54, 1.807) is 23.8 Å². The van der Waals surface area contributed by atoms with Crippen molar-refractivity contribution in [3.8, 4) is 5.75 Å². The maximum atomic E-state index is 13.2. The fourth-order valence-corrected chi connectivity index (χ4v) is 4.20. The number of ether oxygens (including phenoxy) is 1. The lowest BCUT2D eigenvalue weighted by Gasteiger charge is -2.19. The first-order valence-corrected chi connectivity index (χ1v) is 10.9. The van der Waals surface area contributed by atoms with Gasteiger partial charge in [0.2, 0.25) is 5.91 Å². The summed E-state index contributed by atoms with van der Waals surface area (Å²) in [5.41, 5.74) is 2.36. The predicted molar refractivity (Wildman–Crippen MR) is 120 cm³/mol. The van der Waals surface area contributed by atoms with E-state index in [-0.39, 0.29) is 18.0 Å². The normalized spacial score (nSPS) is 12.4. The summed E-state index contributed by atoms with van der Waals surface area (Å²) in [5.74, 6) is 1.09. The molecule has 1 aromatic carbocycles. The van der Waals surface area contributed by atoms with E-state index in [0.29, 0.717) is 35.5 Å². The molecule has 3 heterocycles. The fourth-order valence-electron chi connectivity index (χ4n) is 3.79. The lowest BCUT2D eigenvalue weighted by atomic mass is 10.1. The molecule has 1 N–H and O–H groups in total. The molecule has 0 spiro atoms. The maximum Gasteiger partial charge on any atom is 0.291 e. The van der Waals surface area contributed by atoms with E-state index < -0.39 is 6.04 Å². The van der Waals surface area contributed by atoms with Gasteiger partial charge in [-0.05, 0) is 24.6 Å². The minimum absolute atomic E-state index is 0.271. The Balaban J connectivity index is 1.68. The van der Waals surface area contributed by atoms with Gasteiger partial charge in [-0.15, -0.1) is 0 Å². The molecular weight excluding hydrogens is 464 g/mol. The van der Waals surface area contributed by atoms with Crippen molar-refractivity contribution >= 4 is 38.5 Å². The number of fused-ring (bicyclic) bond motifs is 3. The Morgan fingerprint density at radius 2 is 2.06 bits per heavy atom. The second-order valence-corrected chi connectivity index (χ2v) is 8.07. The van der Waals surface area contributed by atoms with Crippen molar-refractivity contribution < 1.29 is 13.9 Å². The van der Waals surface area contributed by atoms with E-state index >= 15 is 0 Å². The molecule has 4 rings (SSSR count). The lowest BCUT2D eigenvalue weighted by molar-refractivity contribution is -0.125. The molecule has 0 saturated carbocycles. The molecule has 0 fully saturated rings. The minimum Gasteiger partial charge on any atom is -0.496 e. The van der Waals surface area contributed by atoms with Gasteiger partial charge in [-0.25, -0.2) is 4.68 Å². The Morgan fingerprint density at radius 3 is 2.77 bits per heavy atom. The fraction of sp³-hybridized carbons (Fsp3) is 0.318. The Kier molecular flexibility index (Phi) is 5.86. The number of aromatic nitrogens is 3. The molecule has 0 bridgehead atoms. The SMILES string of the molecule is CCc1nn([C@H](CC)C(=O)NCc2cc(Br)ccc2OC)c(=O)c2cc3occc3n12. The van der Waals surface area contributed by atoms with Crippen LogP contribution in [0.4, 0.5) is 0 Å². The van der Waals surface area contributed by atoms with Gasteiger partial charge < -0.3 is 14.5 Å². The zero-order chi connectivity index (χ0) is 22.1. The summed E-state index contributed by atoms with van der Waals surface area (Å²) < 4.78 is 14.8. The van der Waals surface area contributed by atoms with Gasteiger partial charge >= 0.3 is 0 Å². The third-order valence-corrected chi connectivity index (χ3v) is 5.82. The highest BCUT2D eigenvalue weighted by atomic mass is 79.9. The highest BCUT2D eigenvalue weighted by molar-refractivity contribution is 9.10. The molecule has 8 nitrogen and oxygen atoms in total. The summed E-state index contributed by atoms with van der Waals surface area (Å²) in [7, 11) is 1.59. The molecule has 162 valence electrons. The first-order chi connectivity index (χ1) is 15.0. The van der Waals surface area contributed by atoms with E-state index in [4.69, 9.17) is 9.15 Å². The van der Waals surface area contributed by atoms with Gasteiger partial charge in [0.1, 0.15) is 23.1 Å². The van der Waals surface area contributed by atoms with Crippen LogP contribution in [-0.2, 0) is 17.8 Å². The molecule has 0 aliphatic rings. The second-order valence-electron chi connectivity index (χ2n) is 7.15. The van der Waals surface area contributed by atoms with Crippen LogP contribution in [0.15, 0.2) is 50.3 Å². The topological polar surface area (TPSA) is 90.8 Å². The number of methoxy groups -OCH3 is 1. The van der Waals surface area contributed by atoms with Crippen molar-refractivity contribution in [2.45, 2.75) is 39.3 Å². The maximum absolute atomic E-state index is 13.2. The molecule has 9 heteroatoms. The van der Waals surface area contributed by atoms with Gasteiger partial charge in [0.15, 0.2) is 5.58 Å². The second kappa shape index (κ2) is 8.58. The van der Waals surface area contributed by atoms with E-state index in [1.807, 2.05) is 38.1 Å². The van der Waals surface area contributed by atoms with Crippen LogP contribution in [0.3, 0.4) is 0 Å². The highest BCUT2D eigenvalue weighted by Crippen LogP contribution is 2.24. The van der Waals surface area contributed by atoms with Crippen LogP contribution in [0.2, 0.25) is 0 Å². The number of halogens is 1. The summed E-state index contributed by atoms with van der Waals surface area (Å²) in [6.07, 6.45) is 2.60. The molecule has 4 aromatic rings. The Bertz CT molecular complexity index is 1320. The highest BCUT2D eigenvalue weighted by Gasteiger charge is 2.24. The van der Waals surface area contributed by atoms with Gasteiger partial charge in [-0.1, -0.05) is 29.8 Å². The van der Waals surface area contributed by atoms with Crippen molar-refractivity contribution in [2.24, 2.45) is 0 Å². The van der Waals surface area contributed by atoms with Gasteiger partial charge in [0.25, 0.3) is 5.56 Å². The molecule has 1 atom stereocenters. The number of rotatable bonds is 7. The molecule has 1 amide bonds. The summed E-state index contributed by atoms with van der Waals surface area (Å²) in [5, 5.41) is 7.47. The van der Waals surface area contributed by atoms with Crippen LogP contribution in [0.1, 0.15) is 37.7 Å². The quantitative estimate of drug-likeness (QED) is 0.428. The Labute approximate surface area is 186 Å².